The lowest BCUT2D eigenvalue weighted by Crippen LogP contribution is -2.22. The van der Waals surface area contributed by atoms with Crippen molar-refractivity contribution in [3.8, 4) is 5.75 Å². The second kappa shape index (κ2) is 7.15. The molecule has 8 heteroatoms. The van der Waals surface area contributed by atoms with Crippen molar-refractivity contribution in [1.29, 1.82) is 0 Å². The predicted octanol–water partition coefficient (Wildman–Crippen LogP) is 2.39. The van der Waals surface area contributed by atoms with Gasteiger partial charge < -0.3 is 14.9 Å². The van der Waals surface area contributed by atoms with Crippen molar-refractivity contribution in [2.24, 2.45) is 0 Å². The summed E-state index contributed by atoms with van der Waals surface area (Å²) in [6, 6.07) is 2.60. The van der Waals surface area contributed by atoms with E-state index >= 15 is 0 Å². The normalized spacial score (nSPS) is 14.6. The first-order chi connectivity index (χ1) is 9.66. The average molecular weight is 324 g/mol. The minimum atomic E-state index is -4.53. The van der Waals surface area contributed by atoms with Crippen LogP contribution >= 0.6 is 11.8 Å². The van der Waals surface area contributed by atoms with Gasteiger partial charge in [-0.05, 0) is 12.1 Å². The lowest BCUT2D eigenvalue weighted by molar-refractivity contribution is -0.137. The number of carbonyl (C=O) groups is 1. The smallest absolute Gasteiger partial charge is 0.416 e. The van der Waals surface area contributed by atoms with Crippen LogP contribution in [0.2, 0.25) is 0 Å². The number of methoxy groups -OCH3 is 1. The van der Waals surface area contributed by atoms with Crippen molar-refractivity contribution >= 4 is 16.9 Å². The number of benzene rings is 1. The lowest BCUT2D eigenvalue weighted by Gasteiger charge is -2.20. The maximum atomic E-state index is 12.6. The third-order valence-corrected chi connectivity index (χ3v) is 3.62. The van der Waals surface area contributed by atoms with Crippen LogP contribution in [0.25, 0.3) is 0 Å². The Balaban J connectivity index is 2.98. The molecule has 0 radical (unpaired) electrons. The molecule has 118 valence electrons. The highest BCUT2D eigenvalue weighted by Gasteiger charge is 2.32. The Morgan fingerprint density at radius 1 is 1.38 bits per heavy atom. The van der Waals surface area contributed by atoms with Gasteiger partial charge in [-0.15, -0.1) is 0 Å². The summed E-state index contributed by atoms with van der Waals surface area (Å²) in [7, 11) is 1.17. The van der Waals surface area contributed by atoms with Gasteiger partial charge in [-0.3, -0.25) is 4.79 Å². The second-order valence-electron chi connectivity index (χ2n) is 4.27. The molecular weight excluding hydrogens is 309 g/mol. The van der Waals surface area contributed by atoms with Gasteiger partial charge in [0, 0.05) is 18.2 Å². The number of thioether (sulfide) groups is 1. The van der Waals surface area contributed by atoms with Crippen molar-refractivity contribution in [1.82, 2.24) is 0 Å². The van der Waals surface area contributed by atoms with Crippen LogP contribution in [0, 0.1) is 0 Å². The van der Waals surface area contributed by atoms with Crippen LogP contribution in [0.4, 0.5) is 13.2 Å². The molecule has 0 saturated heterocycles. The summed E-state index contributed by atoms with van der Waals surface area (Å²) in [4.78, 5) is 10.8. The Morgan fingerprint density at radius 3 is 2.48 bits per heavy atom. The molecule has 0 heterocycles. The van der Waals surface area contributed by atoms with Crippen LogP contribution in [0.1, 0.15) is 24.2 Å². The topological polar surface area (TPSA) is 66.8 Å². The Bertz CT molecular complexity index is 505. The zero-order valence-electron chi connectivity index (χ0n) is 11.3. The molecule has 2 N–H and O–H groups in total. The number of ether oxygens (including phenoxy) is 1. The molecule has 0 aliphatic rings. The molecule has 0 aromatic heterocycles. The molecule has 0 spiro atoms. The van der Waals surface area contributed by atoms with Gasteiger partial charge in [0.25, 0.3) is 0 Å². The number of alkyl halides is 3. The van der Waals surface area contributed by atoms with E-state index in [1.807, 2.05) is 0 Å². The molecule has 0 aliphatic heterocycles. The number of halogens is 3. The summed E-state index contributed by atoms with van der Waals surface area (Å²) in [6.07, 6.45) is -7.28. The molecule has 2 atom stereocenters. The third-order valence-electron chi connectivity index (χ3n) is 2.70. The number of carbonyl (C=O) groups excluding carboxylic acids is 1. The predicted molar refractivity (Wildman–Crippen MR) is 72.1 cm³/mol. The highest BCUT2D eigenvalue weighted by Crippen LogP contribution is 2.36. The summed E-state index contributed by atoms with van der Waals surface area (Å²) in [5, 5.41) is 19.5. The van der Waals surface area contributed by atoms with E-state index in [4.69, 9.17) is 4.74 Å². The Hall–Kier alpha value is -1.25. The molecule has 1 rings (SSSR count). The van der Waals surface area contributed by atoms with Crippen LogP contribution in [0.3, 0.4) is 0 Å². The number of aliphatic hydroxyl groups is 2. The van der Waals surface area contributed by atoms with Crippen molar-refractivity contribution in [3.63, 3.8) is 0 Å². The lowest BCUT2D eigenvalue weighted by atomic mass is 10.0. The molecule has 2 unspecified atom stereocenters. The highest BCUT2D eigenvalue weighted by molar-refractivity contribution is 8.13. The molecule has 0 aliphatic carbocycles. The SMILES string of the molecule is COc1cc(C(F)(F)F)ccc1C(O)C(O)CSC(C)=O. The van der Waals surface area contributed by atoms with Crippen LogP contribution in [-0.4, -0.2) is 34.3 Å². The Labute approximate surface area is 123 Å². The van der Waals surface area contributed by atoms with Crippen molar-refractivity contribution in [2.75, 3.05) is 12.9 Å². The molecule has 0 amide bonds. The Kier molecular flexibility index (Phi) is 6.06. The van der Waals surface area contributed by atoms with E-state index in [9.17, 15) is 28.2 Å². The van der Waals surface area contributed by atoms with Gasteiger partial charge >= 0.3 is 6.18 Å². The first kappa shape index (κ1) is 17.8. The summed E-state index contributed by atoms with van der Waals surface area (Å²) < 4.78 is 42.6. The Morgan fingerprint density at radius 2 is 2.00 bits per heavy atom. The quantitative estimate of drug-likeness (QED) is 0.870. The van der Waals surface area contributed by atoms with E-state index in [1.54, 1.807) is 0 Å². The largest absolute Gasteiger partial charge is 0.496 e. The van der Waals surface area contributed by atoms with Gasteiger partial charge in [0.2, 0.25) is 0 Å². The van der Waals surface area contributed by atoms with Crippen LogP contribution in [0.5, 0.6) is 5.75 Å². The maximum Gasteiger partial charge on any atom is 0.416 e. The first-order valence-corrected chi connectivity index (χ1v) is 6.90. The fourth-order valence-corrected chi connectivity index (χ4v) is 2.22. The number of hydrogen-bond acceptors (Lipinski definition) is 5. The van der Waals surface area contributed by atoms with E-state index in [0.29, 0.717) is 0 Å². The standard InChI is InChI=1S/C13H15F3O4S/c1-7(17)21-6-10(18)12(19)9-4-3-8(13(14,15)16)5-11(9)20-2/h3-5,10,12,18-19H,6H2,1-2H3. The first-order valence-electron chi connectivity index (χ1n) is 5.91. The van der Waals surface area contributed by atoms with Crippen LogP contribution in [0.15, 0.2) is 18.2 Å². The maximum absolute atomic E-state index is 12.6. The van der Waals surface area contributed by atoms with Crippen molar-refractivity contribution in [3.05, 3.63) is 29.3 Å². The van der Waals surface area contributed by atoms with Gasteiger partial charge in [0.1, 0.15) is 11.9 Å². The molecule has 0 fully saturated rings. The van der Waals surface area contributed by atoms with Gasteiger partial charge in [-0.2, -0.15) is 13.2 Å². The van der Waals surface area contributed by atoms with Gasteiger partial charge in [0.15, 0.2) is 5.12 Å². The van der Waals surface area contributed by atoms with Gasteiger partial charge in [-0.25, -0.2) is 0 Å². The van der Waals surface area contributed by atoms with Crippen molar-refractivity contribution < 1.29 is 32.9 Å². The third kappa shape index (κ3) is 4.90. The summed E-state index contributed by atoms with van der Waals surface area (Å²) in [5.41, 5.74) is -0.884. The molecule has 1 aromatic rings. The molecule has 0 saturated carbocycles. The van der Waals surface area contributed by atoms with Gasteiger partial charge in [0.05, 0.1) is 18.8 Å². The number of hydrogen-bond donors (Lipinski definition) is 2. The van der Waals surface area contributed by atoms with Crippen LogP contribution < -0.4 is 4.74 Å². The van der Waals surface area contributed by atoms with E-state index in [0.717, 1.165) is 30.0 Å². The number of aliphatic hydroxyl groups excluding tert-OH is 2. The zero-order chi connectivity index (χ0) is 16.2. The van der Waals surface area contributed by atoms with E-state index in [-0.39, 0.29) is 22.2 Å². The summed E-state index contributed by atoms with van der Waals surface area (Å²) in [5.74, 6) is -0.245. The van der Waals surface area contributed by atoms with E-state index in [1.165, 1.54) is 14.0 Å². The zero-order valence-corrected chi connectivity index (χ0v) is 12.2. The summed E-state index contributed by atoms with van der Waals surface area (Å²) in [6.45, 7) is 1.31. The highest BCUT2D eigenvalue weighted by atomic mass is 32.2. The second-order valence-corrected chi connectivity index (χ2v) is 5.47. The minimum Gasteiger partial charge on any atom is -0.496 e. The van der Waals surface area contributed by atoms with Gasteiger partial charge in [-0.1, -0.05) is 17.8 Å². The molecule has 21 heavy (non-hydrogen) atoms. The van der Waals surface area contributed by atoms with Crippen LogP contribution in [-0.2, 0) is 11.0 Å². The average Bonchev–Trinajstić information content (AvgIpc) is 2.42. The van der Waals surface area contributed by atoms with Crippen molar-refractivity contribution in [2.45, 2.75) is 25.3 Å². The fraction of sp³-hybridized carbons (Fsp3) is 0.462. The summed E-state index contributed by atoms with van der Waals surface area (Å²) >= 11 is 0.814. The monoisotopic (exact) mass is 324 g/mol. The minimum absolute atomic E-state index is 0.0298. The van der Waals surface area contributed by atoms with E-state index < -0.39 is 23.9 Å². The molecule has 4 nitrogen and oxygen atoms in total. The fourth-order valence-electron chi connectivity index (χ4n) is 1.63. The molecule has 0 bridgehead atoms. The molecular formula is C13H15F3O4S. The van der Waals surface area contributed by atoms with E-state index in [2.05, 4.69) is 0 Å². The molecule has 1 aromatic carbocycles. The number of rotatable bonds is 5.